The van der Waals surface area contributed by atoms with E-state index in [1.54, 1.807) is 24.3 Å². The Morgan fingerprint density at radius 2 is 1.81 bits per heavy atom. The van der Waals surface area contributed by atoms with Gasteiger partial charge in [0.1, 0.15) is 0 Å². The number of benzene rings is 2. The molecule has 0 fully saturated rings. The van der Waals surface area contributed by atoms with Crippen molar-refractivity contribution in [2.45, 2.75) is 11.3 Å². The monoisotopic (exact) mass is 373 g/mol. The van der Waals surface area contributed by atoms with E-state index in [2.05, 4.69) is 5.32 Å². The molecule has 0 saturated heterocycles. The average Bonchev–Trinajstić information content (AvgIpc) is 2.62. The Morgan fingerprint density at radius 1 is 1.15 bits per heavy atom. The quantitative estimate of drug-likeness (QED) is 0.458. The van der Waals surface area contributed by atoms with Gasteiger partial charge >= 0.3 is 0 Å². The molecule has 26 heavy (non-hydrogen) atoms. The van der Waals surface area contributed by atoms with Gasteiger partial charge in [0.05, 0.1) is 23.6 Å². The lowest BCUT2D eigenvalue weighted by molar-refractivity contribution is -0.385. The number of rotatable bonds is 7. The fraction of sp³-hybridized carbons (Fsp3) is 0.222. The van der Waals surface area contributed by atoms with Gasteiger partial charge < -0.3 is 10.2 Å². The third-order valence-corrected chi connectivity index (χ3v) is 4.51. The standard InChI is InChI=1S/C18H19N3O4S/c1-20(12-17(22)19-14-8-4-6-10-16(14)26-2)18(23)11-13-7-3-5-9-15(13)21(24)25/h3-10H,11-12H2,1-2H3,(H,19,22). The summed E-state index contributed by atoms with van der Waals surface area (Å²) in [5.41, 5.74) is 0.902. The number of nitrogens with zero attached hydrogens (tertiary/aromatic N) is 2. The minimum Gasteiger partial charge on any atom is -0.336 e. The number of para-hydroxylation sites is 2. The van der Waals surface area contributed by atoms with Crippen LogP contribution < -0.4 is 5.32 Å². The number of nitro benzene ring substituents is 1. The molecule has 0 spiro atoms. The first-order valence-electron chi connectivity index (χ1n) is 7.81. The summed E-state index contributed by atoms with van der Waals surface area (Å²) in [6, 6.07) is 13.5. The van der Waals surface area contributed by atoms with E-state index < -0.39 is 4.92 Å². The summed E-state index contributed by atoms with van der Waals surface area (Å²) in [6.45, 7) is -0.137. The van der Waals surface area contributed by atoms with Crippen LogP contribution in [0.25, 0.3) is 0 Å². The molecule has 0 heterocycles. The van der Waals surface area contributed by atoms with Gasteiger partial charge in [0.15, 0.2) is 0 Å². The minimum atomic E-state index is -0.519. The van der Waals surface area contributed by atoms with Crippen molar-refractivity contribution in [3.05, 3.63) is 64.2 Å². The molecule has 0 unspecified atom stereocenters. The van der Waals surface area contributed by atoms with Gasteiger partial charge in [0.2, 0.25) is 11.8 Å². The average molecular weight is 373 g/mol. The molecular weight excluding hydrogens is 354 g/mol. The predicted octanol–water partition coefficient (Wildman–Crippen LogP) is 2.96. The van der Waals surface area contributed by atoms with Gasteiger partial charge in [-0.1, -0.05) is 30.3 Å². The van der Waals surface area contributed by atoms with Crippen molar-refractivity contribution in [2.24, 2.45) is 0 Å². The maximum Gasteiger partial charge on any atom is 0.273 e. The zero-order chi connectivity index (χ0) is 19.1. The molecule has 0 atom stereocenters. The van der Waals surface area contributed by atoms with Gasteiger partial charge in [-0.15, -0.1) is 11.8 Å². The maximum absolute atomic E-state index is 12.3. The molecule has 0 aromatic heterocycles. The number of thioether (sulfide) groups is 1. The van der Waals surface area contributed by atoms with Crippen LogP contribution in [0.3, 0.4) is 0 Å². The number of nitro groups is 1. The van der Waals surface area contributed by atoms with Gasteiger partial charge in [-0.2, -0.15) is 0 Å². The van der Waals surface area contributed by atoms with Crippen molar-refractivity contribution < 1.29 is 14.5 Å². The Morgan fingerprint density at radius 3 is 2.50 bits per heavy atom. The van der Waals surface area contributed by atoms with Crippen LogP contribution in [0.15, 0.2) is 53.4 Å². The van der Waals surface area contributed by atoms with E-state index in [0.29, 0.717) is 11.3 Å². The van der Waals surface area contributed by atoms with E-state index >= 15 is 0 Å². The number of hydrogen-bond acceptors (Lipinski definition) is 5. The van der Waals surface area contributed by atoms with E-state index in [1.165, 1.54) is 29.8 Å². The van der Waals surface area contributed by atoms with Gasteiger partial charge in [0, 0.05) is 23.6 Å². The summed E-state index contributed by atoms with van der Waals surface area (Å²) in [5.74, 6) is -0.697. The van der Waals surface area contributed by atoms with Gasteiger partial charge in [-0.3, -0.25) is 19.7 Å². The highest BCUT2D eigenvalue weighted by molar-refractivity contribution is 7.98. The first-order valence-corrected chi connectivity index (χ1v) is 9.04. The van der Waals surface area contributed by atoms with E-state index in [1.807, 2.05) is 24.5 Å². The van der Waals surface area contributed by atoms with Crippen molar-refractivity contribution in [3.63, 3.8) is 0 Å². The number of carbonyl (C=O) groups is 2. The number of anilines is 1. The summed E-state index contributed by atoms with van der Waals surface area (Å²) >= 11 is 1.51. The van der Waals surface area contributed by atoms with Crippen LogP contribution in [0.4, 0.5) is 11.4 Å². The zero-order valence-corrected chi connectivity index (χ0v) is 15.3. The van der Waals surface area contributed by atoms with Crippen LogP contribution in [0.2, 0.25) is 0 Å². The summed E-state index contributed by atoms with van der Waals surface area (Å²) < 4.78 is 0. The molecule has 2 aromatic carbocycles. The topological polar surface area (TPSA) is 92.6 Å². The first kappa shape index (κ1) is 19.5. The summed E-state index contributed by atoms with van der Waals surface area (Å²) in [7, 11) is 1.50. The second-order valence-corrected chi connectivity index (χ2v) is 6.41. The van der Waals surface area contributed by atoms with Crippen molar-refractivity contribution in [2.75, 3.05) is 25.2 Å². The van der Waals surface area contributed by atoms with Crippen LogP contribution in [0, 0.1) is 10.1 Å². The van der Waals surface area contributed by atoms with E-state index in [9.17, 15) is 19.7 Å². The molecule has 0 aliphatic carbocycles. The zero-order valence-electron chi connectivity index (χ0n) is 14.5. The van der Waals surface area contributed by atoms with E-state index in [4.69, 9.17) is 0 Å². The molecule has 0 saturated carbocycles. The van der Waals surface area contributed by atoms with Crippen molar-refractivity contribution in [1.29, 1.82) is 0 Å². The number of nitrogens with one attached hydrogen (secondary N) is 1. The molecule has 7 nitrogen and oxygen atoms in total. The van der Waals surface area contributed by atoms with Crippen LogP contribution in [0.1, 0.15) is 5.56 Å². The van der Waals surface area contributed by atoms with Crippen LogP contribution >= 0.6 is 11.8 Å². The fourth-order valence-electron chi connectivity index (χ4n) is 2.38. The first-order chi connectivity index (χ1) is 12.4. The molecule has 0 bridgehead atoms. The molecule has 1 N–H and O–H groups in total. The lowest BCUT2D eigenvalue weighted by atomic mass is 10.1. The largest absolute Gasteiger partial charge is 0.336 e. The number of hydrogen-bond donors (Lipinski definition) is 1. The highest BCUT2D eigenvalue weighted by Gasteiger charge is 2.19. The van der Waals surface area contributed by atoms with Crippen molar-refractivity contribution in [1.82, 2.24) is 4.90 Å². The maximum atomic E-state index is 12.3. The summed E-state index contributed by atoms with van der Waals surface area (Å²) in [6.07, 6.45) is 1.77. The van der Waals surface area contributed by atoms with Crippen LogP contribution in [-0.4, -0.2) is 41.5 Å². The molecule has 0 aliphatic heterocycles. The highest BCUT2D eigenvalue weighted by Crippen LogP contribution is 2.24. The number of carbonyl (C=O) groups excluding carboxylic acids is 2. The Labute approximate surface area is 155 Å². The highest BCUT2D eigenvalue weighted by atomic mass is 32.2. The third kappa shape index (κ3) is 5.06. The van der Waals surface area contributed by atoms with Crippen molar-refractivity contribution in [3.8, 4) is 0 Å². The normalized spacial score (nSPS) is 10.2. The molecule has 0 radical (unpaired) electrons. The predicted molar refractivity (Wildman–Crippen MR) is 101 cm³/mol. The fourth-order valence-corrected chi connectivity index (χ4v) is 2.93. The molecule has 136 valence electrons. The Kier molecular flexibility index (Phi) is 6.74. The SMILES string of the molecule is CSc1ccccc1NC(=O)CN(C)C(=O)Cc1ccccc1[N+](=O)[O-]. The number of amides is 2. The third-order valence-electron chi connectivity index (χ3n) is 3.72. The van der Waals surface area contributed by atoms with Crippen LogP contribution in [-0.2, 0) is 16.0 Å². The molecule has 2 amide bonds. The second kappa shape index (κ2) is 9.00. The Hall–Kier alpha value is -2.87. The molecule has 8 heteroatoms. The molecule has 2 aromatic rings. The van der Waals surface area contributed by atoms with E-state index in [-0.39, 0.29) is 30.5 Å². The molecule has 0 aliphatic rings. The van der Waals surface area contributed by atoms with Crippen LogP contribution in [0.5, 0.6) is 0 Å². The van der Waals surface area contributed by atoms with Gasteiger partial charge in [-0.05, 0) is 18.4 Å². The lowest BCUT2D eigenvalue weighted by Gasteiger charge is -2.17. The summed E-state index contributed by atoms with van der Waals surface area (Å²) in [5, 5.41) is 13.8. The molecule has 2 rings (SSSR count). The van der Waals surface area contributed by atoms with Crippen molar-refractivity contribution >= 4 is 35.0 Å². The van der Waals surface area contributed by atoms with Gasteiger partial charge in [-0.25, -0.2) is 0 Å². The smallest absolute Gasteiger partial charge is 0.273 e. The van der Waals surface area contributed by atoms with E-state index in [0.717, 1.165) is 4.90 Å². The summed E-state index contributed by atoms with van der Waals surface area (Å²) in [4.78, 5) is 37.2. The second-order valence-electron chi connectivity index (χ2n) is 5.56. The Balaban J connectivity index is 1.99. The minimum absolute atomic E-state index is 0.104. The number of likely N-dealkylation sites (N-methyl/N-ethyl adjacent to an activating group) is 1. The molecular formula is C18H19N3O4S. The Bertz CT molecular complexity index is 826. The lowest BCUT2D eigenvalue weighted by Crippen LogP contribution is -2.36. The van der Waals surface area contributed by atoms with Gasteiger partial charge in [0.25, 0.3) is 5.69 Å².